The predicted octanol–water partition coefficient (Wildman–Crippen LogP) is 2.93. The van der Waals surface area contributed by atoms with Crippen molar-refractivity contribution < 1.29 is 9.18 Å². The highest BCUT2D eigenvalue weighted by molar-refractivity contribution is 5.96. The molecule has 0 unspecified atom stereocenters. The topological polar surface area (TPSA) is 59.0 Å². The van der Waals surface area contributed by atoms with E-state index in [9.17, 15) is 9.18 Å². The number of carbonyl (C=O) groups excluding carboxylic acids is 1. The summed E-state index contributed by atoms with van der Waals surface area (Å²) in [4.78, 5) is 27.9. The Kier molecular flexibility index (Phi) is 4.13. The standard InChI is InChI=1S/C19H19FN4O/c1-24-6-4-12(5-7-24)19(25)18-11-21-10-17(23-18)13-8-14-15(20)2-3-16(14)22-9-13/h2,8-12H,3-7H2,1H3. The van der Waals surface area contributed by atoms with Crippen LogP contribution in [0.4, 0.5) is 4.39 Å². The quantitative estimate of drug-likeness (QED) is 0.806. The number of halogens is 1. The van der Waals surface area contributed by atoms with E-state index in [1.165, 1.54) is 12.3 Å². The van der Waals surface area contributed by atoms with Crippen molar-refractivity contribution in [2.75, 3.05) is 20.1 Å². The van der Waals surface area contributed by atoms with Gasteiger partial charge in [0.05, 0.1) is 23.8 Å². The molecular weight excluding hydrogens is 319 g/mol. The fourth-order valence-corrected chi connectivity index (χ4v) is 3.40. The molecule has 2 aromatic rings. The summed E-state index contributed by atoms with van der Waals surface area (Å²) in [5.74, 6) is -0.210. The van der Waals surface area contributed by atoms with Gasteiger partial charge in [0.1, 0.15) is 11.5 Å². The highest BCUT2D eigenvalue weighted by atomic mass is 19.1. The van der Waals surface area contributed by atoms with Crippen molar-refractivity contribution in [3.05, 3.63) is 47.7 Å². The zero-order valence-corrected chi connectivity index (χ0v) is 14.1. The van der Waals surface area contributed by atoms with Gasteiger partial charge < -0.3 is 4.90 Å². The third-order valence-electron chi connectivity index (χ3n) is 4.97. The first-order valence-electron chi connectivity index (χ1n) is 8.52. The number of hydrogen-bond donors (Lipinski definition) is 0. The predicted molar refractivity (Wildman–Crippen MR) is 92.6 cm³/mol. The molecule has 2 aliphatic rings. The highest BCUT2D eigenvalue weighted by Gasteiger charge is 2.26. The lowest BCUT2D eigenvalue weighted by atomic mass is 9.91. The third-order valence-corrected chi connectivity index (χ3v) is 4.97. The summed E-state index contributed by atoms with van der Waals surface area (Å²) >= 11 is 0. The van der Waals surface area contributed by atoms with E-state index in [4.69, 9.17) is 0 Å². The number of hydrogen-bond acceptors (Lipinski definition) is 5. The molecule has 1 aliphatic heterocycles. The Morgan fingerprint density at radius 1 is 1.24 bits per heavy atom. The van der Waals surface area contributed by atoms with E-state index in [0.29, 0.717) is 28.9 Å². The normalized spacial score (nSPS) is 18.1. The van der Waals surface area contributed by atoms with Crippen molar-refractivity contribution in [1.29, 1.82) is 0 Å². The van der Waals surface area contributed by atoms with Gasteiger partial charge in [-0.15, -0.1) is 0 Å². The number of carbonyl (C=O) groups is 1. The molecule has 1 saturated heterocycles. The number of ketones is 1. The maximum atomic E-state index is 13.8. The van der Waals surface area contributed by atoms with Gasteiger partial charge in [-0.2, -0.15) is 0 Å². The van der Waals surface area contributed by atoms with Gasteiger partial charge in [-0.1, -0.05) is 0 Å². The van der Waals surface area contributed by atoms with Crippen LogP contribution in [0.25, 0.3) is 17.1 Å². The highest BCUT2D eigenvalue weighted by Crippen LogP contribution is 2.30. The molecule has 0 bridgehead atoms. The van der Waals surface area contributed by atoms with Gasteiger partial charge in [0, 0.05) is 29.7 Å². The monoisotopic (exact) mass is 338 g/mol. The second kappa shape index (κ2) is 6.44. The number of piperidine rings is 1. The van der Waals surface area contributed by atoms with Crippen LogP contribution < -0.4 is 0 Å². The minimum absolute atomic E-state index is 0.000673. The van der Waals surface area contributed by atoms with Crippen molar-refractivity contribution in [2.45, 2.75) is 19.3 Å². The van der Waals surface area contributed by atoms with Crippen LogP contribution in [0, 0.1) is 5.92 Å². The third kappa shape index (κ3) is 3.09. The zero-order chi connectivity index (χ0) is 17.4. The number of likely N-dealkylation sites (tertiary alicyclic amines) is 1. The van der Waals surface area contributed by atoms with Crippen LogP contribution in [-0.4, -0.2) is 45.8 Å². The Balaban J connectivity index is 1.61. The number of Topliss-reactive ketones (excluding diaryl/α,β-unsaturated/α-hetero) is 1. The van der Waals surface area contributed by atoms with E-state index in [0.717, 1.165) is 31.6 Å². The number of allylic oxidation sites excluding steroid dienone is 1. The molecule has 0 N–H and O–H groups in total. The molecule has 1 aliphatic carbocycles. The maximum absolute atomic E-state index is 13.8. The van der Waals surface area contributed by atoms with Crippen molar-refractivity contribution in [1.82, 2.24) is 19.9 Å². The molecule has 0 aromatic carbocycles. The average Bonchev–Trinajstić information content (AvgIpc) is 3.02. The van der Waals surface area contributed by atoms with E-state index in [-0.39, 0.29) is 17.5 Å². The van der Waals surface area contributed by atoms with E-state index in [1.54, 1.807) is 18.5 Å². The van der Waals surface area contributed by atoms with Crippen molar-refractivity contribution in [2.24, 2.45) is 5.92 Å². The number of fused-ring (bicyclic) bond motifs is 1. The molecule has 4 rings (SSSR count). The van der Waals surface area contributed by atoms with Gasteiger partial charge in [-0.05, 0) is 45.1 Å². The smallest absolute Gasteiger partial charge is 0.185 e. The average molecular weight is 338 g/mol. The van der Waals surface area contributed by atoms with Gasteiger partial charge >= 0.3 is 0 Å². The van der Waals surface area contributed by atoms with E-state index >= 15 is 0 Å². The molecule has 0 saturated carbocycles. The number of rotatable bonds is 3. The Bertz CT molecular complexity index is 856. The lowest BCUT2D eigenvalue weighted by Crippen LogP contribution is -2.33. The first-order chi connectivity index (χ1) is 12.1. The van der Waals surface area contributed by atoms with E-state index in [1.807, 2.05) is 0 Å². The molecule has 0 atom stereocenters. The largest absolute Gasteiger partial charge is 0.306 e. The van der Waals surface area contributed by atoms with Crippen molar-refractivity contribution >= 4 is 11.6 Å². The van der Waals surface area contributed by atoms with Crippen LogP contribution in [0.1, 0.15) is 34.6 Å². The minimum Gasteiger partial charge on any atom is -0.306 e. The van der Waals surface area contributed by atoms with Crippen LogP contribution in [-0.2, 0) is 6.42 Å². The molecule has 0 spiro atoms. The maximum Gasteiger partial charge on any atom is 0.185 e. The fourth-order valence-electron chi connectivity index (χ4n) is 3.40. The van der Waals surface area contributed by atoms with Crippen LogP contribution >= 0.6 is 0 Å². The molecule has 0 amide bonds. The van der Waals surface area contributed by atoms with Gasteiger partial charge in [0.25, 0.3) is 0 Å². The molecule has 5 nitrogen and oxygen atoms in total. The molecule has 6 heteroatoms. The summed E-state index contributed by atoms with van der Waals surface area (Å²) in [6, 6.07) is 1.73. The lowest BCUT2D eigenvalue weighted by molar-refractivity contribution is 0.0851. The molecule has 3 heterocycles. The summed E-state index contributed by atoms with van der Waals surface area (Å²) in [6.07, 6.45) is 8.50. The number of nitrogens with zero attached hydrogens (tertiary/aromatic N) is 4. The summed E-state index contributed by atoms with van der Waals surface area (Å²) < 4.78 is 13.8. The molecule has 0 radical (unpaired) electrons. The molecule has 2 aromatic heterocycles. The van der Waals surface area contributed by atoms with E-state index < -0.39 is 0 Å². The van der Waals surface area contributed by atoms with Crippen LogP contribution in [0.2, 0.25) is 0 Å². The zero-order valence-electron chi connectivity index (χ0n) is 14.1. The van der Waals surface area contributed by atoms with Gasteiger partial charge in [0.2, 0.25) is 0 Å². The summed E-state index contributed by atoms with van der Waals surface area (Å²) in [5, 5.41) is 0. The first kappa shape index (κ1) is 16.0. The minimum atomic E-state index is -0.254. The lowest BCUT2D eigenvalue weighted by Gasteiger charge is -2.27. The number of aromatic nitrogens is 3. The Labute approximate surface area is 145 Å². The Morgan fingerprint density at radius 2 is 2.04 bits per heavy atom. The molecule has 1 fully saturated rings. The van der Waals surface area contributed by atoms with Gasteiger partial charge in [-0.25, -0.2) is 9.37 Å². The van der Waals surface area contributed by atoms with E-state index in [2.05, 4.69) is 26.9 Å². The fraction of sp³-hybridized carbons (Fsp3) is 0.368. The number of pyridine rings is 1. The summed E-state index contributed by atoms with van der Waals surface area (Å²) in [5.41, 5.74) is 2.84. The second-order valence-electron chi connectivity index (χ2n) is 6.71. The Morgan fingerprint density at radius 3 is 2.84 bits per heavy atom. The van der Waals surface area contributed by atoms with Crippen molar-refractivity contribution in [3.8, 4) is 11.3 Å². The van der Waals surface area contributed by atoms with Crippen molar-refractivity contribution in [3.63, 3.8) is 0 Å². The molecular formula is C19H19FN4O. The summed E-state index contributed by atoms with van der Waals surface area (Å²) in [7, 11) is 2.07. The van der Waals surface area contributed by atoms with Gasteiger partial charge in [0.15, 0.2) is 5.78 Å². The SMILES string of the molecule is CN1CCC(C(=O)c2cncc(-c3cnc4c(c3)C(F)=CC4)n2)CC1. The summed E-state index contributed by atoms with van der Waals surface area (Å²) in [6.45, 7) is 1.84. The van der Waals surface area contributed by atoms with Crippen LogP contribution in [0.5, 0.6) is 0 Å². The van der Waals surface area contributed by atoms with Gasteiger partial charge in [-0.3, -0.25) is 14.8 Å². The van der Waals surface area contributed by atoms with Crippen LogP contribution in [0.3, 0.4) is 0 Å². The molecule has 25 heavy (non-hydrogen) atoms. The first-order valence-corrected chi connectivity index (χ1v) is 8.52. The molecule has 128 valence electrons. The Hall–Kier alpha value is -2.47. The second-order valence-corrected chi connectivity index (χ2v) is 6.71. The van der Waals surface area contributed by atoms with Crippen LogP contribution in [0.15, 0.2) is 30.7 Å².